The third-order valence-electron chi connectivity index (χ3n) is 1.49. The molecule has 0 rings (SSSR count). The van der Waals surface area contributed by atoms with Gasteiger partial charge in [0.25, 0.3) is 0 Å². The van der Waals surface area contributed by atoms with E-state index >= 15 is 0 Å². The Balaban J connectivity index is -0.0000000291. The Morgan fingerprint density at radius 2 is 1.22 bits per heavy atom. The van der Waals surface area contributed by atoms with Crippen LogP contribution in [0.2, 0.25) is 0 Å². The Kier molecular flexibility index (Phi) is 61.3. The fourth-order valence-corrected chi connectivity index (χ4v) is 0.254. The van der Waals surface area contributed by atoms with Gasteiger partial charge in [-0.15, -0.1) is 4.68 Å². The van der Waals surface area contributed by atoms with E-state index in [9.17, 15) is 0 Å². The quantitative estimate of drug-likeness (QED) is 0.256. The molecule has 0 atom stereocenters. The zero-order chi connectivity index (χ0) is 17.2. The molecule has 0 bridgehead atoms. The van der Waals surface area contributed by atoms with Gasteiger partial charge in [-0.25, -0.2) is 5.43 Å². The van der Waals surface area contributed by atoms with E-state index in [-0.39, 0.29) is 22.3 Å². The lowest BCUT2D eigenvalue weighted by Gasteiger charge is -2.05. The molecule has 0 fully saturated rings. The average molecular weight is 340 g/mol. The fraction of sp³-hybridized carbons (Fsp3) is 0.889. The molecule has 0 aliphatic heterocycles. The standard InChI is InChI=1S/C5H12.C4H11N2.C4H10N2.C2H7N.3CH4/c1-5(2,3)4;1-4-6(3)5-2;1-4(5-2)6-3;1-3-2;;;/h1-4H3;4-5H,1-3H3;1-3H3,(H,5,6);3H,1-2H3;3*1H4/q;+1;;;;;/p+1/b;6-4+;;;;;. The zero-order valence-electron chi connectivity index (χ0n) is 16.0. The highest BCUT2D eigenvalue weighted by Crippen LogP contribution is 2.07. The molecular weight excluding hydrogens is 286 g/mol. The van der Waals surface area contributed by atoms with Crippen molar-refractivity contribution in [3.63, 3.8) is 0 Å². The van der Waals surface area contributed by atoms with Gasteiger partial charge in [-0.3, -0.25) is 10.3 Å². The smallest absolute Gasteiger partial charge is 0.238 e. The van der Waals surface area contributed by atoms with Crippen LogP contribution in [0.15, 0.2) is 0 Å². The molecule has 0 aromatic rings. The second-order valence-corrected chi connectivity index (χ2v) is 5.72. The van der Waals surface area contributed by atoms with E-state index in [0.717, 1.165) is 5.84 Å². The molecule has 4 N–H and O–H groups in total. The van der Waals surface area contributed by atoms with E-state index in [4.69, 9.17) is 0 Å². The number of hydrogen-bond acceptors (Lipinski definition) is 2. The molecular formula is C18H53N5+2. The average Bonchev–Trinajstić information content (AvgIpc) is 2.36. The van der Waals surface area contributed by atoms with Crippen molar-refractivity contribution in [3.05, 3.63) is 0 Å². The molecule has 0 aromatic carbocycles. The van der Waals surface area contributed by atoms with Crippen LogP contribution in [0, 0.1) is 5.41 Å². The fourth-order valence-electron chi connectivity index (χ4n) is 0.254. The van der Waals surface area contributed by atoms with E-state index in [1.54, 1.807) is 0 Å². The minimum atomic E-state index is 0. The van der Waals surface area contributed by atoms with Gasteiger partial charge in [0, 0.05) is 13.8 Å². The first-order valence-electron chi connectivity index (χ1n) is 7.01. The van der Waals surface area contributed by atoms with Crippen LogP contribution >= 0.6 is 0 Å². The van der Waals surface area contributed by atoms with Gasteiger partial charge in [-0.1, -0.05) is 50.0 Å². The van der Waals surface area contributed by atoms with Crippen molar-refractivity contribution in [3.8, 4) is 0 Å². The van der Waals surface area contributed by atoms with Crippen molar-refractivity contribution < 1.29 is 9.68 Å². The molecule has 0 aliphatic rings. The van der Waals surface area contributed by atoms with Crippen LogP contribution in [0.3, 0.4) is 0 Å². The van der Waals surface area contributed by atoms with Crippen molar-refractivity contribution >= 4 is 12.1 Å². The molecule has 0 amide bonds. The van der Waals surface area contributed by atoms with Gasteiger partial charge in [0.05, 0.1) is 21.1 Å². The number of hydrazine groups is 1. The third-order valence-corrected chi connectivity index (χ3v) is 1.49. The Bertz CT molecular complexity index is 204. The first kappa shape index (κ1) is 43.1. The van der Waals surface area contributed by atoms with Gasteiger partial charge >= 0.3 is 0 Å². The maximum Gasteiger partial charge on any atom is 0.238 e. The van der Waals surface area contributed by atoms with Crippen LogP contribution in [0.4, 0.5) is 0 Å². The van der Waals surface area contributed by atoms with Gasteiger partial charge in [-0.05, 0) is 19.5 Å². The monoisotopic (exact) mass is 339 g/mol. The molecule has 5 nitrogen and oxygen atoms in total. The summed E-state index contributed by atoms with van der Waals surface area (Å²) in [7, 11) is 11.3. The summed E-state index contributed by atoms with van der Waals surface area (Å²) in [5.41, 5.74) is 3.39. The summed E-state index contributed by atoms with van der Waals surface area (Å²) in [6, 6.07) is 0. The van der Waals surface area contributed by atoms with Crippen molar-refractivity contribution in [2.45, 2.75) is 63.8 Å². The van der Waals surface area contributed by atoms with E-state index in [0.29, 0.717) is 5.41 Å². The van der Waals surface area contributed by atoms with Gasteiger partial charge in [-0.2, -0.15) is 0 Å². The van der Waals surface area contributed by atoms with Crippen LogP contribution in [-0.4, -0.2) is 59.0 Å². The predicted octanol–water partition coefficient (Wildman–Crippen LogP) is 1.98. The third kappa shape index (κ3) is 157. The summed E-state index contributed by atoms with van der Waals surface area (Å²) in [4.78, 5) is 2.92. The Hall–Kier alpha value is -1.10. The maximum atomic E-state index is 2.92. The number of nitrogens with zero attached hydrogens (tertiary/aromatic N) is 1. The molecule has 23 heavy (non-hydrogen) atoms. The topological polar surface area (TPSA) is 53.1 Å². The summed E-state index contributed by atoms with van der Waals surface area (Å²) >= 11 is 0. The number of nitrogens with one attached hydrogen (secondary N) is 4. The minimum Gasteiger partial charge on any atom is -0.323 e. The summed E-state index contributed by atoms with van der Waals surface area (Å²) in [6.07, 6.45) is 1.94. The van der Waals surface area contributed by atoms with Crippen LogP contribution in [0.1, 0.15) is 63.8 Å². The lowest BCUT2D eigenvalue weighted by atomic mass is 10.0. The number of hydrazone groups is 1. The van der Waals surface area contributed by atoms with Crippen molar-refractivity contribution in [2.75, 3.05) is 42.3 Å². The second-order valence-electron chi connectivity index (χ2n) is 5.72. The van der Waals surface area contributed by atoms with Crippen molar-refractivity contribution in [2.24, 2.45) is 5.41 Å². The highest BCUT2D eigenvalue weighted by Gasteiger charge is 1.95. The Morgan fingerprint density at radius 3 is 1.22 bits per heavy atom. The Morgan fingerprint density at radius 1 is 0.957 bits per heavy atom. The lowest BCUT2D eigenvalue weighted by molar-refractivity contribution is -0.550. The van der Waals surface area contributed by atoms with Gasteiger partial charge in [0.15, 0.2) is 13.3 Å². The van der Waals surface area contributed by atoms with Crippen LogP contribution in [0.25, 0.3) is 0 Å². The Labute approximate surface area is 150 Å². The SMILES string of the molecule is C.C.C.C/C=[N+](\C)NC.CC(C)(C)C.CNC.CNC(C)=[NH+]C. The first-order valence-corrected chi connectivity index (χ1v) is 7.01. The summed E-state index contributed by atoms with van der Waals surface area (Å²) < 4.78 is 1.88. The number of amidine groups is 1. The van der Waals surface area contributed by atoms with Gasteiger partial charge in [0.1, 0.15) is 0 Å². The second kappa shape index (κ2) is 32.7. The molecule has 0 radical (unpaired) electrons. The number of rotatable bonds is 1. The van der Waals surface area contributed by atoms with Crippen LogP contribution in [0.5, 0.6) is 0 Å². The molecule has 0 saturated carbocycles. The summed E-state index contributed by atoms with van der Waals surface area (Å²) in [5.74, 6) is 1.09. The number of hydrogen-bond donors (Lipinski definition) is 4. The highest BCUT2D eigenvalue weighted by atomic mass is 15.4. The van der Waals surface area contributed by atoms with Gasteiger partial charge < -0.3 is 5.32 Å². The largest absolute Gasteiger partial charge is 0.323 e. The molecule has 0 aliphatic carbocycles. The molecule has 5 heteroatoms. The molecule has 0 unspecified atom stereocenters. The molecule has 0 saturated heterocycles. The first-order chi connectivity index (χ1) is 9.03. The molecule has 0 spiro atoms. The highest BCUT2D eigenvalue weighted by molar-refractivity contribution is 5.72. The summed E-state index contributed by atoms with van der Waals surface area (Å²) in [6.45, 7) is 12.7. The zero-order valence-corrected chi connectivity index (χ0v) is 16.0. The lowest BCUT2D eigenvalue weighted by Crippen LogP contribution is -2.70. The van der Waals surface area contributed by atoms with E-state index in [2.05, 4.69) is 48.7 Å². The van der Waals surface area contributed by atoms with Crippen LogP contribution in [-0.2, 0) is 0 Å². The van der Waals surface area contributed by atoms with E-state index < -0.39 is 0 Å². The summed E-state index contributed by atoms with van der Waals surface area (Å²) in [5, 5.41) is 5.67. The molecule has 148 valence electrons. The maximum absolute atomic E-state index is 2.92. The normalized spacial score (nSPS) is 9.39. The van der Waals surface area contributed by atoms with Crippen molar-refractivity contribution in [1.82, 2.24) is 16.1 Å². The molecule has 0 heterocycles. The van der Waals surface area contributed by atoms with Crippen LogP contribution < -0.4 is 21.1 Å². The van der Waals surface area contributed by atoms with E-state index in [1.807, 2.05) is 67.0 Å². The molecule has 0 aromatic heterocycles. The predicted molar refractivity (Wildman–Crippen MR) is 114 cm³/mol. The van der Waals surface area contributed by atoms with Gasteiger partial charge in [0.2, 0.25) is 5.84 Å². The van der Waals surface area contributed by atoms with Crippen molar-refractivity contribution in [1.29, 1.82) is 0 Å². The van der Waals surface area contributed by atoms with E-state index in [1.165, 1.54) is 0 Å². The minimum absolute atomic E-state index is 0.